The molecular formula is C17H20N4OS2. The van der Waals surface area contributed by atoms with Crippen LogP contribution in [0.15, 0.2) is 4.79 Å². The fourth-order valence-electron chi connectivity index (χ4n) is 4.45. The van der Waals surface area contributed by atoms with Crippen molar-refractivity contribution in [1.29, 1.82) is 0 Å². The van der Waals surface area contributed by atoms with Crippen molar-refractivity contribution in [2.75, 3.05) is 0 Å². The van der Waals surface area contributed by atoms with Gasteiger partial charge in [-0.15, -0.1) is 16.4 Å². The molecule has 0 radical (unpaired) electrons. The molecule has 24 heavy (non-hydrogen) atoms. The molecule has 1 fully saturated rings. The molecule has 3 aromatic heterocycles. The number of fused-ring (bicyclic) bond motifs is 5. The van der Waals surface area contributed by atoms with Crippen molar-refractivity contribution in [3.05, 3.63) is 25.6 Å². The Morgan fingerprint density at radius 1 is 1.12 bits per heavy atom. The van der Waals surface area contributed by atoms with E-state index in [1.54, 1.807) is 11.3 Å². The third-order valence-corrected chi connectivity index (χ3v) is 7.13. The molecule has 7 heteroatoms. The van der Waals surface area contributed by atoms with Crippen LogP contribution < -0.4 is 5.56 Å². The zero-order valence-corrected chi connectivity index (χ0v) is 15.1. The maximum absolute atomic E-state index is 13.3. The molecular weight excluding hydrogens is 340 g/mol. The van der Waals surface area contributed by atoms with Crippen LogP contribution in [0.1, 0.15) is 61.4 Å². The Bertz CT molecular complexity index is 1050. The quantitative estimate of drug-likeness (QED) is 0.663. The molecule has 0 spiro atoms. The van der Waals surface area contributed by atoms with Gasteiger partial charge in [0.2, 0.25) is 10.5 Å². The number of nitrogens with one attached hydrogen (secondary N) is 1. The number of aromatic nitrogens is 4. The van der Waals surface area contributed by atoms with Crippen molar-refractivity contribution in [2.24, 2.45) is 0 Å². The van der Waals surface area contributed by atoms with Crippen LogP contribution in [-0.2, 0) is 12.8 Å². The summed E-state index contributed by atoms with van der Waals surface area (Å²) in [4.78, 5) is 14.7. The second kappa shape index (κ2) is 5.52. The Hall–Kier alpha value is -1.47. The SMILES string of the molecule is O=c1c2sc3c(c2n2c(=S)[nH]nc2n1C1CCCCC1)CCCC3. The number of aryl methyl sites for hydroxylation is 2. The van der Waals surface area contributed by atoms with Gasteiger partial charge in [-0.1, -0.05) is 19.3 Å². The lowest BCUT2D eigenvalue weighted by Gasteiger charge is -2.24. The molecule has 1 N–H and O–H groups in total. The highest BCUT2D eigenvalue weighted by molar-refractivity contribution is 7.71. The Morgan fingerprint density at radius 3 is 2.75 bits per heavy atom. The van der Waals surface area contributed by atoms with Crippen molar-refractivity contribution in [1.82, 2.24) is 19.2 Å². The van der Waals surface area contributed by atoms with E-state index in [1.807, 2.05) is 8.97 Å². The molecule has 3 heterocycles. The lowest BCUT2D eigenvalue weighted by atomic mass is 9.95. The lowest BCUT2D eigenvalue weighted by Crippen LogP contribution is -2.28. The first kappa shape index (κ1) is 14.8. The molecule has 5 nitrogen and oxygen atoms in total. The van der Waals surface area contributed by atoms with Crippen LogP contribution in [0.3, 0.4) is 0 Å². The van der Waals surface area contributed by atoms with E-state index in [4.69, 9.17) is 12.2 Å². The molecule has 0 saturated heterocycles. The van der Waals surface area contributed by atoms with Gasteiger partial charge in [-0.05, 0) is 56.3 Å². The number of H-pyrrole nitrogens is 1. The van der Waals surface area contributed by atoms with E-state index in [1.165, 1.54) is 42.5 Å². The Morgan fingerprint density at radius 2 is 1.92 bits per heavy atom. The minimum absolute atomic E-state index is 0.137. The van der Waals surface area contributed by atoms with Crippen molar-refractivity contribution in [3.8, 4) is 0 Å². The minimum atomic E-state index is 0.137. The second-order valence-corrected chi connectivity index (χ2v) is 8.51. The molecule has 0 atom stereocenters. The van der Waals surface area contributed by atoms with Crippen LogP contribution in [-0.4, -0.2) is 19.2 Å². The van der Waals surface area contributed by atoms with Gasteiger partial charge in [-0.2, -0.15) is 0 Å². The monoisotopic (exact) mass is 360 g/mol. The van der Waals surface area contributed by atoms with E-state index in [9.17, 15) is 4.79 Å². The summed E-state index contributed by atoms with van der Waals surface area (Å²) in [6.45, 7) is 0. The van der Waals surface area contributed by atoms with Gasteiger partial charge in [-0.3, -0.25) is 13.8 Å². The summed E-state index contributed by atoms with van der Waals surface area (Å²) in [5, 5.41) is 7.38. The summed E-state index contributed by atoms with van der Waals surface area (Å²) in [6, 6.07) is 0.252. The third-order valence-electron chi connectivity index (χ3n) is 5.59. The van der Waals surface area contributed by atoms with Crippen LogP contribution in [0.5, 0.6) is 0 Å². The van der Waals surface area contributed by atoms with E-state index >= 15 is 0 Å². The smallest absolute Gasteiger partial charge is 0.273 e. The van der Waals surface area contributed by atoms with Crippen molar-refractivity contribution in [3.63, 3.8) is 0 Å². The van der Waals surface area contributed by atoms with Crippen LogP contribution >= 0.6 is 23.6 Å². The molecule has 5 rings (SSSR count). The van der Waals surface area contributed by atoms with Gasteiger partial charge in [0, 0.05) is 10.9 Å². The van der Waals surface area contributed by atoms with E-state index in [-0.39, 0.29) is 11.6 Å². The average Bonchev–Trinajstić information content (AvgIpc) is 3.17. The molecule has 0 amide bonds. The van der Waals surface area contributed by atoms with Crippen LogP contribution in [0.25, 0.3) is 16.0 Å². The highest BCUT2D eigenvalue weighted by Crippen LogP contribution is 2.36. The molecule has 1 saturated carbocycles. The fourth-order valence-corrected chi connectivity index (χ4v) is 5.98. The molecule has 0 bridgehead atoms. The molecule has 0 aliphatic heterocycles. The van der Waals surface area contributed by atoms with Crippen molar-refractivity contribution >= 4 is 39.5 Å². The van der Waals surface area contributed by atoms with Gasteiger partial charge in [0.1, 0.15) is 4.70 Å². The van der Waals surface area contributed by atoms with E-state index < -0.39 is 0 Å². The van der Waals surface area contributed by atoms with Gasteiger partial charge in [0.15, 0.2) is 0 Å². The normalized spacial score (nSPS) is 19.2. The molecule has 3 aromatic rings. The highest BCUT2D eigenvalue weighted by atomic mass is 32.1. The zero-order chi connectivity index (χ0) is 16.3. The van der Waals surface area contributed by atoms with E-state index in [2.05, 4.69) is 10.2 Å². The lowest BCUT2D eigenvalue weighted by molar-refractivity contribution is 0.351. The van der Waals surface area contributed by atoms with Crippen LogP contribution in [0.4, 0.5) is 0 Å². The number of aromatic amines is 1. The topological polar surface area (TPSA) is 55.1 Å². The zero-order valence-electron chi connectivity index (χ0n) is 13.5. The Labute approximate surface area is 148 Å². The average molecular weight is 361 g/mol. The molecule has 0 unspecified atom stereocenters. The number of thiophene rings is 1. The Kier molecular flexibility index (Phi) is 3.42. The summed E-state index contributed by atoms with van der Waals surface area (Å²) >= 11 is 7.21. The van der Waals surface area contributed by atoms with E-state index in [0.29, 0.717) is 10.5 Å². The van der Waals surface area contributed by atoms with Crippen LogP contribution in [0, 0.1) is 4.77 Å². The first-order valence-electron chi connectivity index (χ1n) is 8.91. The van der Waals surface area contributed by atoms with E-state index in [0.717, 1.165) is 35.9 Å². The molecule has 2 aliphatic rings. The summed E-state index contributed by atoms with van der Waals surface area (Å²) < 4.78 is 5.43. The summed E-state index contributed by atoms with van der Waals surface area (Å²) in [5.74, 6) is 0.704. The molecule has 0 aromatic carbocycles. The maximum Gasteiger partial charge on any atom is 0.273 e. The van der Waals surface area contributed by atoms with Gasteiger partial charge in [0.05, 0.1) is 5.52 Å². The number of hydrogen-bond acceptors (Lipinski definition) is 4. The third kappa shape index (κ3) is 2.00. The molecule has 2 aliphatic carbocycles. The number of hydrogen-bond donors (Lipinski definition) is 1. The summed E-state index contributed by atoms with van der Waals surface area (Å²) in [5.41, 5.74) is 2.50. The predicted octanol–water partition coefficient (Wildman–Crippen LogP) is 4.15. The molecule has 126 valence electrons. The maximum atomic E-state index is 13.3. The standard InChI is InChI=1S/C17H20N4OS2/c22-15-14-13(11-8-4-5-9-12(11)24-14)21-16(18-19-17(21)23)20(15)10-6-2-1-3-7-10/h10H,1-9H2,(H,19,23). The van der Waals surface area contributed by atoms with Gasteiger partial charge >= 0.3 is 0 Å². The summed E-state index contributed by atoms with van der Waals surface area (Å²) in [6.07, 6.45) is 10.3. The second-order valence-electron chi connectivity index (χ2n) is 7.02. The van der Waals surface area contributed by atoms with Crippen molar-refractivity contribution < 1.29 is 0 Å². The highest BCUT2D eigenvalue weighted by Gasteiger charge is 2.26. The van der Waals surface area contributed by atoms with Gasteiger partial charge in [-0.25, -0.2) is 5.10 Å². The largest absolute Gasteiger partial charge is 0.273 e. The van der Waals surface area contributed by atoms with Gasteiger partial charge in [0.25, 0.3) is 5.56 Å². The van der Waals surface area contributed by atoms with Crippen molar-refractivity contribution in [2.45, 2.75) is 63.8 Å². The minimum Gasteiger partial charge on any atom is -0.273 e. The first-order chi connectivity index (χ1) is 11.8. The predicted molar refractivity (Wildman–Crippen MR) is 98.8 cm³/mol. The fraction of sp³-hybridized carbons (Fsp3) is 0.588. The number of nitrogens with zero attached hydrogens (tertiary/aromatic N) is 3. The van der Waals surface area contributed by atoms with Crippen LogP contribution in [0.2, 0.25) is 0 Å². The van der Waals surface area contributed by atoms with Gasteiger partial charge < -0.3 is 0 Å². The number of rotatable bonds is 1. The Balaban J connectivity index is 1.91. The summed E-state index contributed by atoms with van der Waals surface area (Å²) in [7, 11) is 0. The first-order valence-corrected chi connectivity index (χ1v) is 10.1.